The molecule has 2 heterocycles. The van der Waals surface area contributed by atoms with Gasteiger partial charge in [0.1, 0.15) is 5.82 Å². The number of H-pyrrole nitrogens is 1. The smallest absolute Gasteiger partial charge is 0.224 e. The van der Waals surface area contributed by atoms with Gasteiger partial charge in [-0.3, -0.25) is 4.79 Å². The van der Waals surface area contributed by atoms with E-state index in [1.807, 2.05) is 43.3 Å². The van der Waals surface area contributed by atoms with Gasteiger partial charge in [-0.15, -0.1) is 6.58 Å². The Morgan fingerprint density at radius 2 is 2.08 bits per heavy atom. The van der Waals surface area contributed by atoms with Crippen molar-refractivity contribution in [3.05, 3.63) is 72.1 Å². The summed E-state index contributed by atoms with van der Waals surface area (Å²) in [6.45, 7) is 8.81. The molecule has 2 aromatic heterocycles. The predicted octanol–water partition coefficient (Wildman–Crippen LogP) is 7.66. The summed E-state index contributed by atoms with van der Waals surface area (Å²) in [7, 11) is 0. The van der Waals surface area contributed by atoms with Crippen molar-refractivity contribution >= 4 is 34.4 Å². The predicted molar refractivity (Wildman–Crippen MR) is 152 cm³/mol. The van der Waals surface area contributed by atoms with Crippen LogP contribution in [0.15, 0.2) is 55.3 Å². The topological polar surface area (TPSA) is 69.8 Å². The molecular weight excluding hydrogens is 444 g/mol. The number of anilines is 2. The van der Waals surface area contributed by atoms with E-state index in [-0.39, 0.29) is 5.91 Å². The number of carbonyl (C=O) groups excluding carboxylic acids is 1. The van der Waals surface area contributed by atoms with Gasteiger partial charge in [0.05, 0.1) is 11.2 Å². The number of hydrogen-bond acceptors (Lipinski definition) is 3. The number of fused-ring (bicyclic) bond motifs is 1. The van der Waals surface area contributed by atoms with Crippen LogP contribution in [0.1, 0.15) is 68.7 Å². The molecule has 1 aromatic carbocycles. The van der Waals surface area contributed by atoms with Gasteiger partial charge < -0.3 is 15.6 Å². The molecule has 0 spiro atoms. The molecule has 0 bridgehead atoms. The number of rotatable bonds is 12. The van der Waals surface area contributed by atoms with Gasteiger partial charge in [-0.1, -0.05) is 30.7 Å². The number of aryl methyl sites for hydroxylation is 1. The molecule has 1 amide bonds. The number of nitrogens with zero attached hydrogens (tertiary/aromatic N) is 1. The molecule has 1 aliphatic carbocycles. The van der Waals surface area contributed by atoms with Crippen LogP contribution in [0, 0.1) is 18.8 Å². The molecule has 1 aliphatic rings. The van der Waals surface area contributed by atoms with Crippen molar-refractivity contribution in [2.75, 3.05) is 17.2 Å². The average molecular weight is 485 g/mol. The average Bonchev–Trinajstić information content (AvgIpc) is 3.46. The fourth-order valence-corrected chi connectivity index (χ4v) is 5.54. The lowest BCUT2D eigenvalue weighted by molar-refractivity contribution is -0.116. The van der Waals surface area contributed by atoms with Crippen molar-refractivity contribution in [1.82, 2.24) is 9.97 Å². The number of aromatic nitrogens is 2. The molecule has 0 aliphatic heterocycles. The number of aromatic amines is 1. The third-order valence-corrected chi connectivity index (χ3v) is 7.42. The largest absolute Gasteiger partial charge is 0.370 e. The fraction of sp³-hybridized carbons (Fsp3) is 0.419. The Bertz CT molecular complexity index is 1210. The van der Waals surface area contributed by atoms with Gasteiger partial charge in [-0.2, -0.15) is 0 Å². The second kappa shape index (κ2) is 12.6. The molecule has 1 saturated carbocycles. The first-order chi connectivity index (χ1) is 17.6. The number of pyridine rings is 1. The molecule has 36 heavy (non-hydrogen) atoms. The second-order valence-corrected chi connectivity index (χ2v) is 10.1. The van der Waals surface area contributed by atoms with Gasteiger partial charge in [0.25, 0.3) is 0 Å². The van der Waals surface area contributed by atoms with Gasteiger partial charge in [-0.25, -0.2) is 4.98 Å². The van der Waals surface area contributed by atoms with E-state index in [0.29, 0.717) is 6.42 Å². The maximum atomic E-state index is 12.7. The van der Waals surface area contributed by atoms with E-state index in [1.54, 1.807) is 0 Å². The number of benzene rings is 1. The van der Waals surface area contributed by atoms with Crippen molar-refractivity contribution in [3.63, 3.8) is 0 Å². The van der Waals surface area contributed by atoms with Crippen LogP contribution in [-0.4, -0.2) is 22.4 Å². The Labute approximate surface area is 215 Å². The number of hydrogen-bond donors (Lipinski definition) is 3. The summed E-state index contributed by atoms with van der Waals surface area (Å²) >= 11 is 0. The Morgan fingerprint density at radius 3 is 2.92 bits per heavy atom. The zero-order valence-electron chi connectivity index (χ0n) is 21.8. The fourth-order valence-electron chi connectivity index (χ4n) is 5.54. The van der Waals surface area contributed by atoms with Crippen molar-refractivity contribution in [1.29, 1.82) is 0 Å². The van der Waals surface area contributed by atoms with Crippen molar-refractivity contribution in [3.8, 4) is 0 Å². The van der Waals surface area contributed by atoms with Crippen LogP contribution in [0.5, 0.6) is 0 Å². The molecule has 3 aromatic rings. The van der Waals surface area contributed by atoms with Gasteiger partial charge in [-0.05, 0) is 99.6 Å². The first-order valence-corrected chi connectivity index (χ1v) is 13.4. The molecule has 3 N–H and O–H groups in total. The first-order valence-electron chi connectivity index (χ1n) is 13.4. The van der Waals surface area contributed by atoms with Crippen LogP contribution in [0.4, 0.5) is 11.5 Å². The van der Waals surface area contributed by atoms with Crippen LogP contribution < -0.4 is 10.6 Å². The SMILES string of the molecule is C=CCC1CCC(CCCC(=O)Nc2cccc3nc(NCCc4c[nH]c(C)c4/C=C\C)ccc23)C1. The van der Waals surface area contributed by atoms with E-state index in [4.69, 9.17) is 4.98 Å². The summed E-state index contributed by atoms with van der Waals surface area (Å²) in [5.41, 5.74) is 5.48. The third kappa shape index (κ3) is 6.66. The van der Waals surface area contributed by atoms with E-state index in [0.717, 1.165) is 66.5 Å². The summed E-state index contributed by atoms with van der Waals surface area (Å²) in [6.07, 6.45) is 17.0. The van der Waals surface area contributed by atoms with E-state index in [2.05, 4.69) is 47.5 Å². The van der Waals surface area contributed by atoms with Gasteiger partial charge in [0, 0.05) is 30.2 Å². The molecule has 190 valence electrons. The normalized spacial score (nSPS) is 17.6. The Balaban J connectivity index is 1.28. The van der Waals surface area contributed by atoms with Crippen molar-refractivity contribution in [2.45, 2.75) is 65.2 Å². The highest BCUT2D eigenvalue weighted by Crippen LogP contribution is 2.36. The van der Waals surface area contributed by atoms with Crippen molar-refractivity contribution < 1.29 is 4.79 Å². The zero-order chi connectivity index (χ0) is 25.3. The first kappa shape index (κ1) is 25.7. The molecule has 5 nitrogen and oxygen atoms in total. The summed E-state index contributed by atoms with van der Waals surface area (Å²) in [5, 5.41) is 7.54. The van der Waals surface area contributed by atoms with Crippen LogP contribution in [0.3, 0.4) is 0 Å². The highest BCUT2D eigenvalue weighted by molar-refractivity contribution is 6.01. The zero-order valence-corrected chi connectivity index (χ0v) is 21.8. The van der Waals surface area contributed by atoms with E-state index in [9.17, 15) is 4.79 Å². The molecule has 0 radical (unpaired) electrons. The highest BCUT2D eigenvalue weighted by atomic mass is 16.1. The molecule has 2 atom stereocenters. The lowest BCUT2D eigenvalue weighted by Crippen LogP contribution is -2.12. The number of nitrogens with one attached hydrogen (secondary N) is 3. The summed E-state index contributed by atoms with van der Waals surface area (Å²) in [5.74, 6) is 2.50. The number of allylic oxidation sites excluding steroid dienone is 2. The Hall–Kier alpha value is -3.34. The molecular formula is C31H40N4O. The summed E-state index contributed by atoms with van der Waals surface area (Å²) < 4.78 is 0. The third-order valence-electron chi connectivity index (χ3n) is 7.42. The second-order valence-electron chi connectivity index (χ2n) is 10.1. The van der Waals surface area contributed by atoms with Crippen molar-refractivity contribution in [2.24, 2.45) is 11.8 Å². The quantitative estimate of drug-likeness (QED) is 0.231. The van der Waals surface area contributed by atoms with Gasteiger partial charge >= 0.3 is 0 Å². The molecule has 1 fully saturated rings. The Kier molecular flexibility index (Phi) is 8.99. The van der Waals surface area contributed by atoms with Crippen LogP contribution >= 0.6 is 0 Å². The molecule has 2 unspecified atom stereocenters. The van der Waals surface area contributed by atoms with Crippen LogP contribution in [0.25, 0.3) is 17.0 Å². The minimum Gasteiger partial charge on any atom is -0.370 e. The van der Waals surface area contributed by atoms with Crippen LogP contribution in [0.2, 0.25) is 0 Å². The molecule has 5 heteroatoms. The number of amides is 1. The Morgan fingerprint density at radius 1 is 1.22 bits per heavy atom. The van der Waals surface area contributed by atoms with Gasteiger partial charge in [0.15, 0.2) is 0 Å². The monoisotopic (exact) mass is 484 g/mol. The standard InChI is InChI=1S/C31H40N4O/c1-4-8-23-14-15-24(20-23)10-6-13-31(36)35-29-12-7-11-28-27(29)16-17-30(34-28)32-19-18-25-21-33-22(3)26(25)9-5-2/h4-5,7,9,11-12,16-17,21,23-24,33H,1,6,8,10,13-15,18-20H2,2-3H3,(H,32,34)(H,35,36)/b9-5-. The summed E-state index contributed by atoms with van der Waals surface area (Å²) in [6, 6.07) is 9.95. The van der Waals surface area contributed by atoms with Gasteiger partial charge in [0.2, 0.25) is 5.91 Å². The lowest BCUT2D eigenvalue weighted by Gasteiger charge is -2.12. The van der Waals surface area contributed by atoms with E-state index in [1.165, 1.54) is 36.1 Å². The number of carbonyl (C=O) groups is 1. The maximum Gasteiger partial charge on any atom is 0.224 e. The van der Waals surface area contributed by atoms with E-state index >= 15 is 0 Å². The van der Waals surface area contributed by atoms with Crippen LogP contribution in [-0.2, 0) is 11.2 Å². The van der Waals surface area contributed by atoms with E-state index < -0.39 is 0 Å². The highest BCUT2D eigenvalue weighted by Gasteiger charge is 2.23. The maximum absolute atomic E-state index is 12.7. The lowest BCUT2D eigenvalue weighted by atomic mass is 9.97. The summed E-state index contributed by atoms with van der Waals surface area (Å²) in [4.78, 5) is 20.8. The molecule has 0 saturated heterocycles. The molecule has 4 rings (SSSR count). The minimum absolute atomic E-state index is 0.0871. The minimum atomic E-state index is 0.0871.